The van der Waals surface area contributed by atoms with Crippen LogP contribution in [0.1, 0.15) is 46.0 Å². The largest absolute Gasteiger partial charge is 0.481 e. The van der Waals surface area contributed by atoms with Gasteiger partial charge in [-0.15, -0.1) is 0 Å². The maximum absolute atomic E-state index is 12.8. The average Bonchev–Trinajstić information content (AvgIpc) is 2.75. The highest BCUT2D eigenvalue weighted by atomic mass is 16.4. The molecule has 0 aromatic heterocycles. The van der Waals surface area contributed by atoms with Crippen molar-refractivity contribution < 1.29 is 44.1 Å². The summed E-state index contributed by atoms with van der Waals surface area (Å²) in [6.07, 6.45) is -1.36. The molecule has 3 amide bonds. The molecule has 0 aliphatic carbocycles. The molecule has 16 nitrogen and oxygen atoms in total. The number of nitrogens with one attached hydrogen (secondary N) is 3. The van der Waals surface area contributed by atoms with Gasteiger partial charge in [0.25, 0.3) is 0 Å². The number of carboxylic acids is 3. The lowest BCUT2D eigenvalue weighted by molar-refractivity contribution is -0.144. The fourth-order valence-corrected chi connectivity index (χ4v) is 2.89. The van der Waals surface area contributed by atoms with Crippen molar-refractivity contribution in [3.63, 3.8) is 0 Å². The Bertz CT molecular complexity index is 843. The summed E-state index contributed by atoms with van der Waals surface area (Å²) in [6.45, 7) is 3.23. The normalized spacial score (nSPS) is 14.0. The van der Waals surface area contributed by atoms with E-state index in [0.717, 1.165) is 0 Å². The molecule has 0 heterocycles. The second-order valence-corrected chi connectivity index (χ2v) is 8.28. The molecule has 0 rings (SSSR count). The Morgan fingerprint density at radius 2 is 1.36 bits per heavy atom. The first-order valence-electron chi connectivity index (χ1n) is 11.0. The quantitative estimate of drug-likeness (QED) is 0.0526. The third kappa shape index (κ3) is 13.1. The Balaban J connectivity index is 5.49. The fraction of sp³-hybridized carbons (Fsp3) is 0.650. The van der Waals surface area contributed by atoms with Crippen molar-refractivity contribution in [1.29, 1.82) is 0 Å². The second-order valence-electron chi connectivity index (χ2n) is 8.28. The van der Waals surface area contributed by atoms with Crippen LogP contribution >= 0.6 is 0 Å². The zero-order valence-electron chi connectivity index (χ0n) is 20.1. The molecule has 0 aromatic rings. The van der Waals surface area contributed by atoms with Crippen LogP contribution in [-0.2, 0) is 28.8 Å². The van der Waals surface area contributed by atoms with Crippen LogP contribution < -0.4 is 33.2 Å². The van der Waals surface area contributed by atoms with Gasteiger partial charge in [-0.3, -0.25) is 29.0 Å². The summed E-state index contributed by atoms with van der Waals surface area (Å²) in [5.41, 5.74) is 16.2. The number of nitrogens with zero attached hydrogens (tertiary/aromatic N) is 1. The minimum atomic E-state index is -1.70. The lowest BCUT2D eigenvalue weighted by Crippen LogP contribution is -2.58. The number of nitrogens with two attached hydrogens (primary N) is 3. The lowest BCUT2D eigenvalue weighted by Gasteiger charge is -2.25. The van der Waals surface area contributed by atoms with Gasteiger partial charge in [-0.1, -0.05) is 13.8 Å². The number of hydrogen-bond acceptors (Lipinski definition) is 8. The van der Waals surface area contributed by atoms with Gasteiger partial charge in [0.1, 0.15) is 18.1 Å². The number of carbonyl (C=O) groups is 6. The van der Waals surface area contributed by atoms with Gasteiger partial charge in [-0.05, 0) is 25.2 Å². The highest BCUT2D eigenvalue weighted by molar-refractivity contribution is 5.95. The van der Waals surface area contributed by atoms with Gasteiger partial charge in [-0.2, -0.15) is 0 Å². The summed E-state index contributed by atoms with van der Waals surface area (Å²) >= 11 is 0. The van der Waals surface area contributed by atoms with Gasteiger partial charge >= 0.3 is 17.9 Å². The summed E-state index contributed by atoms with van der Waals surface area (Å²) in [6, 6.07) is -5.63. The molecule has 0 aliphatic heterocycles. The molecular formula is C20H35N7O9. The van der Waals surface area contributed by atoms with Crippen molar-refractivity contribution >= 4 is 41.6 Å². The van der Waals surface area contributed by atoms with Crippen LogP contribution in [0.5, 0.6) is 0 Å². The maximum atomic E-state index is 12.8. The molecule has 36 heavy (non-hydrogen) atoms. The first-order valence-corrected chi connectivity index (χ1v) is 11.0. The molecular weight excluding hydrogens is 482 g/mol. The number of aliphatic carboxylic acids is 3. The molecule has 0 aliphatic rings. The Hall–Kier alpha value is -3.95. The van der Waals surface area contributed by atoms with E-state index in [-0.39, 0.29) is 18.9 Å². The number of aliphatic imine (C=N–C) groups is 1. The summed E-state index contributed by atoms with van der Waals surface area (Å²) in [5.74, 6) is -7.72. The zero-order valence-corrected chi connectivity index (χ0v) is 20.1. The molecule has 16 heteroatoms. The van der Waals surface area contributed by atoms with Crippen molar-refractivity contribution in [3.8, 4) is 0 Å². The van der Waals surface area contributed by atoms with Gasteiger partial charge in [0.05, 0.1) is 12.5 Å². The van der Waals surface area contributed by atoms with Crippen LogP contribution in [0, 0.1) is 5.92 Å². The molecule has 12 N–H and O–H groups in total. The van der Waals surface area contributed by atoms with Crippen molar-refractivity contribution in [2.75, 3.05) is 6.54 Å². The van der Waals surface area contributed by atoms with E-state index < -0.39 is 85.0 Å². The van der Waals surface area contributed by atoms with Crippen LogP contribution in [0.15, 0.2) is 4.99 Å². The zero-order chi connectivity index (χ0) is 28.0. The fourth-order valence-electron chi connectivity index (χ4n) is 2.89. The van der Waals surface area contributed by atoms with E-state index in [0.29, 0.717) is 6.42 Å². The summed E-state index contributed by atoms with van der Waals surface area (Å²) in [4.78, 5) is 75.1. The number of rotatable bonds is 17. The first-order chi connectivity index (χ1) is 16.6. The number of carboxylic acid groups (broad SMARTS) is 3. The van der Waals surface area contributed by atoms with Gasteiger partial charge in [0.2, 0.25) is 17.7 Å². The monoisotopic (exact) mass is 517 g/mol. The summed E-state index contributed by atoms with van der Waals surface area (Å²) in [5, 5.41) is 34.0. The van der Waals surface area contributed by atoms with Gasteiger partial charge in [0, 0.05) is 13.0 Å². The number of hydrogen-bond donors (Lipinski definition) is 9. The molecule has 0 saturated carbocycles. The second kappa shape index (κ2) is 15.9. The minimum Gasteiger partial charge on any atom is -0.481 e. The Labute approximate surface area is 207 Å². The average molecular weight is 518 g/mol. The van der Waals surface area contributed by atoms with Crippen LogP contribution in [0.2, 0.25) is 0 Å². The standard InChI is InChI=1S/C20H35N7O9/c1-9(2)15(19(35)36)27-18(34)12(8-14(30)31)26-17(33)11(5-6-13(28)29)25-16(32)10(21)4-3-7-24-20(22)23/h9-12,15H,3-8,21H2,1-2H3,(H,25,32)(H,26,33)(H,27,34)(H,28,29)(H,30,31)(H,35,36)(H4,22,23,24). The highest BCUT2D eigenvalue weighted by Crippen LogP contribution is 2.06. The van der Waals surface area contributed by atoms with Crippen LogP contribution in [-0.4, -0.2) is 87.6 Å². The van der Waals surface area contributed by atoms with Gasteiger partial charge in [-0.25, -0.2) is 4.79 Å². The highest BCUT2D eigenvalue weighted by Gasteiger charge is 2.32. The van der Waals surface area contributed by atoms with Crippen LogP contribution in [0.4, 0.5) is 0 Å². The van der Waals surface area contributed by atoms with Crippen molar-refractivity contribution in [1.82, 2.24) is 16.0 Å². The SMILES string of the molecule is CC(C)C(NC(=O)C(CC(=O)O)NC(=O)C(CCC(=O)O)NC(=O)C(N)CCCN=C(N)N)C(=O)O. The summed E-state index contributed by atoms with van der Waals surface area (Å²) < 4.78 is 0. The molecule has 0 radical (unpaired) electrons. The van der Waals surface area contributed by atoms with E-state index in [2.05, 4.69) is 20.9 Å². The maximum Gasteiger partial charge on any atom is 0.326 e. The van der Waals surface area contributed by atoms with Gasteiger partial charge < -0.3 is 48.5 Å². The lowest BCUT2D eigenvalue weighted by atomic mass is 10.0. The molecule has 0 spiro atoms. The predicted molar refractivity (Wildman–Crippen MR) is 125 cm³/mol. The van der Waals surface area contributed by atoms with Crippen LogP contribution in [0.25, 0.3) is 0 Å². The third-order valence-electron chi connectivity index (χ3n) is 4.83. The molecule has 4 unspecified atom stereocenters. The minimum absolute atomic E-state index is 0.131. The Kier molecular flexibility index (Phi) is 14.1. The van der Waals surface area contributed by atoms with E-state index in [1.54, 1.807) is 0 Å². The molecule has 0 saturated heterocycles. The molecule has 0 aromatic carbocycles. The summed E-state index contributed by atoms with van der Waals surface area (Å²) in [7, 11) is 0. The number of guanidine groups is 1. The third-order valence-corrected chi connectivity index (χ3v) is 4.83. The number of carbonyl (C=O) groups excluding carboxylic acids is 3. The van der Waals surface area contributed by atoms with Crippen LogP contribution in [0.3, 0.4) is 0 Å². The Morgan fingerprint density at radius 1 is 0.806 bits per heavy atom. The van der Waals surface area contributed by atoms with Crippen molar-refractivity contribution in [2.45, 2.75) is 70.1 Å². The topological polar surface area (TPSA) is 290 Å². The molecule has 204 valence electrons. The van der Waals surface area contributed by atoms with E-state index >= 15 is 0 Å². The van der Waals surface area contributed by atoms with E-state index in [1.807, 2.05) is 0 Å². The van der Waals surface area contributed by atoms with Crippen molar-refractivity contribution in [2.24, 2.45) is 28.1 Å². The van der Waals surface area contributed by atoms with Gasteiger partial charge in [0.15, 0.2) is 5.96 Å². The van der Waals surface area contributed by atoms with E-state index in [1.165, 1.54) is 13.8 Å². The number of amides is 3. The Morgan fingerprint density at radius 3 is 1.83 bits per heavy atom. The van der Waals surface area contributed by atoms with E-state index in [4.69, 9.17) is 27.4 Å². The van der Waals surface area contributed by atoms with Crippen molar-refractivity contribution in [3.05, 3.63) is 0 Å². The molecule has 4 atom stereocenters. The molecule has 0 fully saturated rings. The van der Waals surface area contributed by atoms with E-state index in [9.17, 15) is 33.9 Å². The molecule has 0 bridgehead atoms. The smallest absolute Gasteiger partial charge is 0.326 e. The first kappa shape index (κ1) is 32.0. The predicted octanol–water partition coefficient (Wildman–Crippen LogP) is -3.10.